The first-order valence-electron chi connectivity index (χ1n) is 5.45. The third kappa shape index (κ3) is 2.22. The fourth-order valence-corrected chi connectivity index (χ4v) is 2.66. The van der Waals surface area contributed by atoms with Crippen molar-refractivity contribution in [1.29, 1.82) is 0 Å². The summed E-state index contributed by atoms with van der Waals surface area (Å²) < 4.78 is 0. The molecule has 2 saturated heterocycles. The third-order valence-electron chi connectivity index (χ3n) is 3.53. The smallest absolute Gasteiger partial charge is 0.0584 e. The first-order valence-corrected chi connectivity index (χ1v) is 5.45. The van der Waals surface area contributed by atoms with Crippen LogP contribution in [-0.2, 0) is 0 Å². The van der Waals surface area contributed by atoms with Crippen molar-refractivity contribution in [2.75, 3.05) is 26.2 Å². The number of aliphatic hydroxyl groups excluding tert-OH is 1. The lowest BCUT2D eigenvalue weighted by atomic mass is 9.83. The average Bonchev–Trinajstić information content (AvgIpc) is 2.67. The van der Waals surface area contributed by atoms with Crippen LogP contribution in [0.2, 0.25) is 0 Å². The molecule has 0 spiro atoms. The van der Waals surface area contributed by atoms with E-state index in [4.69, 9.17) is 5.11 Å². The van der Waals surface area contributed by atoms with Gasteiger partial charge in [-0.2, -0.15) is 0 Å². The zero-order valence-corrected chi connectivity index (χ0v) is 8.13. The summed E-state index contributed by atoms with van der Waals surface area (Å²) in [5.41, 5.74) is 0. The van der Waals surface area contributed by atoms with Crippen molar-refractivity contribution in [1.82, 2.24) is 10.6 Å². The molecule has 2 aliphatic heterocycles. The van der Waals surface area contributed by atoms with Gasteiger partial charge in [0.2, 0.25) is 0 Å². The standard InChI is InChI=1S/C10H20N2O/c13-7-10-5-9(6-12-10)8-1-3-11-4-2-8/h8-13H,1-7H2. The quantitative estimate of drug-likeness (QED) is 0.564. The van der Waals surface area contributed by atoms with Crippen LogP contribution in [0.1, 0.15) is 19.3 Å². The van der Waals surface area contributed by atoms with E-state index in [-0.39, 0.29) is 0 Å². The van der Waals surface area contributed by atoms with Gasteiger partial charge in [0, 0.05) is 6.04 Å². The summed E-state index contributed by atoms with van der Waals surface area (Å²) in [5, 5.41) is 15.8. The fourth-order valence-electron chi connectivity index (χ4n) is 2.66. The van der Waals surface area contributed by atoms with Crippen molar-refractivity contribution in [2.45, 2.75) is 25.3 Å². The number of hydrogen-bond donors (Lipinski definition) is 3. The second-order valence-electron chi connectivity index (χ2n) is 4.37. The molecule has 2 heterocycles. The first kappa shape index (κ1) is 9.44. The van der Waals surface area contributed by atoms with E-state index in [9.17, 15) is 0 Å². The molecule has 0 aromatic carbocycles. The lowest BCUT2D eigenvalue weighted by Gasteiger charge is -2.27. The highest BCUT2D eigenvalue weighted by Gasteiger charge is 2.30. The van der Waals surface area contributed by atoms with Crippen LogP contribution in [0.15, 0.2) is 0 Å². The normalized spacial score (nSPS) is 36.7. The van der Waals surface area contributed by atoms with Gasteiger partial charge in [0.1, 0.15) is 0 Å². The van der Waals surface area contributed by atoms with Crippen LogP contribution in [0.5, 0.6) is 0 Å². The molecule has 2 fully saturated rings. The van der Waals surface area contributed by atoms with Gasteiger partial charge in [-0.25, -0.2) is 0 Å². The van der Waals surface area contributed by atoms with Crippen molar-refractivity contribution in [3.63, 3.8) is 0 Å². The molecule has 0 aromatic rings. The Kier molecular flexibility index (Phi) is 3.19. The predicted molar refractivity (Wildman–Crippen MR) is 52.6 cm³/mol. The average molecular weight is 184 g/mol. The molecule has 76 valence electrons. The lowest BCUT2D eigenvalue weighted by molar-refractivity contribution is 0.237. The molecule has 3 nitrogen and oxygen atoms in total. The van der Waals surface area contributed by atoms with Crippen LogP contribution < -0.4 is 10.6 Å². The van der Waals surface area contributed by atoms with Gasteiger partial charge < -0.3 is 15.7 Å². The summed E-state index contributed by atoms with van der Waals surface area (Å²) in [7, 11) is 0. The minimum Gasteiger partial charge on any atom is -0.395 e. The van der Waals surface area contributed by atoms with Crippen molar-refractivity contribution >= 4 is 0 Å². The maximum Gasteiger partial charge on any atom is 0.0584 e. The van der Waals surface area contributed by atoms with E-state index >= 15 is 0 Å². The summed E-state index contributed by atoms with van der Waals surface area (Å²) in [6.45, 7) is 3.80. The van der Waals surface area contributed by atoms with E-state index < -0.39 is 0 Å². The van der Waals surface area contributed by atoms with E-state index in [0.717, 1.165) is 18.4 Å². The molecule has 13 heavy (non-hydrogen) atoms. The molecule has 0 saturated carbocycles. The van der Waals surface area contributed by atoms with Crippen LogP contribution in [0.4, 0.5) is 0 Å². The summed E-state index contributed by atoms with van der Waals surface area (Å²) in [4.78, 5) is 0. The molecule has 2 atom stereocenters. The Balaban J connectivity index is 1.80. The highest BCUT2D eigenvalue weighted by molar-refractivity contribution is 4.86. The van der Waals surface area contributed by atoms with Crippen molar-refractivity contribution < 1.29 is 5.11 Å². The van der Waals surface area contributed by atoms with Crippen molar-refractivity contribution in [3.05, 3.63) is 0 Å². The molecule has 0 amide bonds. The van der Waals surface area contributed by atoms with Crippen LogP contribution in [-0.4, -0.2) is 37.4 Å². The maximum absolute atomic E-state index is 9.01. The van der Waals surface area contributed by atoms with Crippen LogP contribution in [0.3, 0.4) is 0 Å². The summed E-state index contributed by atoms with van der Waals surface area (Å²) in [6, 6.07) is 0.375. The summed E-state index contributed by atoms with van der Waals surface area (Å²) in [6.07, 6.45) is 3.83. The van der Waals surface area contributed by atoms with Crippen molar-refractivity contribution in [2.24, 2.45) is 11.8 Å². The second-order valence-corrected chi connectivity index (χ2v) is 4.37. The molecule has 3 N–H and O–H groups in total. The van der Waals surface area contributed by atoms with E-state index in [2.05, 4.69) is 10.6 Å². The summed E-state index contributed by atoms with van der Waals surface area (Å²) >= 11 is 0. The van der Waals surface area contributed by atoms with Gasteiger partial charge in [0.05, 0.1) is 6.61 Å². The van der Waals surface area contributed by atoms with Gasteiger partial charge in [0.25, 0.3) is 0 Å². The third-order valence-corrected chi connectivity index (χ3v) is 3.53. The first-order chi connectivity index (χ1) is 6.40. The minimum atomic E-state index is 0.307. The van der Waals surface area contributed by atoms with Crippen LogP contribution in [0.25, 0.3) is 0 Å². The van der Waals surface area contributed by atoms with E-state index in [0.29, 0.717) is 12.6 Å². The SMILES string of the molecule is OCC1CC(C2CCNCC2)CN1. The zero-order chi connectivity index (χ0) is 9.10. The second kappa shape index (κ2) is 4.40. The van der Waals surface area contributed by atoms with E-state index in [1.54, 1.807) is 0 Å². The molecule has 2 rings (SSSR count). The monoisotopic (exact) mass is 184 g/mol. The number of piperidine rings is 1. The molecule has 0 radical (unpaired) electrons. The lowest BCUT2D eigenvalue weighted by Crippen LogP contribution is -2.32. The molecule has 2 aliphatic rings. The highest BCUT2D eigenvalue weighted by atomic mass is 16.3. The van der Waals surface area contributed by atoms with Gasteiger partial charge in [-0.1, -0.05) is 0 Å². The molecule has 0 bridgehead atoms. The van der Waals surface area contributed by atoms with E-state index in [1.807, 2.05) is 0 Å². The van der Waals surface area contributed by atoms with Gasteiger partial charge >= 0.3 is 0 Å². The Labute approximate surface area is 79.9 Å². The Morgan fingerprint density at radius 1 is 1.15 bits per heavy atom. The van der Waals surface area contributed by atoms with Gasteiger partial charge in [-0.15, -0.1) is 0 Å². The van der Waals surface area contributed by atoms with Gasteiger partial charge in [0.15, 0.2) is 0 Å². The molecule has 0 aliphatic carbocycles. The van der Waals surface area contributed by atoms with Crippen molar-refractivity contribution in [3.8, 4) is 0 Å². The Morgan fingerprint density at radius 3 is 2.54 bits per heavy atom. The Morgan fingerprint density at radius 2 is 1.92 bits per heavy atom. The van der Waals surface area contributed by atoms with Crippen LogP contribution in [0, 0.1) is 11.8 Å². The number of hydrogen-bond acceptors (Lipinski definition) is 3. The molecular weight excluding hydrogens is 164 g/mol. The number of rotatable bonds is 2. The largest absolute Gasteiger partial charge is 0.395 e. The Hall–Kier alpha value is -0.120. The van der Waals surface area contributed by atoms with E-state index in [1.165, 1.54) is 32.4 Å². The summed E-state index contributed by atoms with van der Waals surface area (Å²) in [5.74, 6) is 1.71. The molecule has 2 unspecified atom stereocenters. The van der Waals surface area contributed by atoms with Gasteiger partial charge in [-0.05, 0) is 50.7 Å². The van der Waals surface area contributed by atoms with Crippen LogP contribution >= 0.6 is 0 Å². The molecular formula is C10H20N2O. The Bertz CT molecular complexity index is 157. The minimum absolute atomic E-state index is 0.307. The molecule has 3 heteroatoms. The topological polar surface area (TPSA) is 44.3 Å². The maximum atomic E-state index is 9.01. The zero-order valence-electron chi connectivity index (χ0n) is 8.13. The number of aliphatic hydroxyl groups is 1. The highest BCUT2D eigenvalue weighted by Crippen LogP contribution is 2.28. The molecule has 0 aromatic heterocycles. The predicted octanol–water partition coefficient (Wildman–Crippen LogP) is -0.0436. The van der Waals surface area contributed by atoms with Gasteiger partial charge in [-0.3, -0.25) is 0 Å². The number of nitrogens with one attached hydrogen (secondary N) is 2. The fraction of sp³-hybridized carbons (Fsp3) is 1.00.